The molecule has 7 heteroatoms. The number of amides is 1. The normalized spacial score (nSPS) is 12.5. The molecule has 1 saturated carbocycles. The van der Waals surface area contributed by atoms with E-state index in [2.05, 4.69) is 14.7 Å². The zero-order valence-corrected chi connectivity index (χ0v) is 20.1. The van der Waals surface area contributed by atoms with E-state index in [-0.39, 0.29) is 24.1 Å². The van der Waals surface area contributed by atoms with Gasteiger partial charge in [-0.2, -0.15) is 0 Å². The van der Waals surface area contributed by atoms with E-state index in [1.165, 1.54) is 12.8 Å². The van der Waals surface area contributed by atoms with Crippen LogP contribution in [0.2, 0.25) is 0 Å². The Labute approximate surface area is 206 Å². The molecule has 0 N–H and O–H groups in total. The summed E-state index contributed by atoms with van der Waals surface area (Å²) in [6.07, 6.45) is 5.75. The first-order chi connectivity index (χ1) is 15.9. The van der Waals surface area contributed by atoms with Gasteiger partial charge in [-0.25, -0.2) is 4.85 Å². The van der Waals surface area contributed by atoms with Crippen molar-refractivity contribution in [2.45, 2.75) is 38.9 Å². The number of pyridine rings is 1. The number of anilines is 1. The number of carbonyl (C=O) groups excluding carboxylic acids is 2. The molecule has 1 aliphatic carbocycles. The van der Waals surface area contributed by atoms with Crippen molar-refractivity contribution in [3.63, 3.8) is 0 Å². The van der Waals surface area contributed by atoms with Crippen LogP contribution in [0.4, 0.5) is 11.4 Å². The van der Waals surface area contributed by atoms with Crippen LogP contribution in [0, 0.1) is 6.57 Å². The Morgan fingerprint density at radius 2 is 1.62 bits per heavy atom. The molecule has 0 radical (unpaired) electrons. The standard InChI is InChI=1S/C27H26N4O2.ClH/c1-19(32)22-6-4-20(5-7-22)17-31(26-12-13-26)18-21-14-23(16-29-15-21)27(33)30(3)25-10-8-24(28-2)9-11-25;/h4-11,14-16,26H,12-13,17-18H2,1,3H3;1H. The Kier molecular flexibility index (Phi) is 8.17. The lowest BCUT2D eigenvalue weighted by molar-refractivity contribution is 0.0989. The largest absolute Gasteiger partial charge is 0.311 e. The summed E-state index contributed by atoms with van der Waals surface area (Å²) in [4.78, 5) is 36.3. The maximum absolute atomic E-state index is 13.0. The van der Waals surface area contributed by atoms with Crippen LogP contribution in [0.3, 0.4) is 0 Å². The van der Waals surface area contributed by atoms with Gasteiger partial charge in [-0.1, -0.05) is 36.4 Å². The minimum Gasteiger partial charge on any atom is -0.311 e. The van der Waals surface area contributed by atoms with Gasteiger partial charge in [0.05, 0.1) is 12.1 Å². The van der Waals surface area contributed by atoms with Crippen LogP contribution in [0.5, 0.6) is 0 Å². The quantitative estimate of drug-likeness (QED) is 0.310. The van der Waals surface area contributed by atoms with Crippen molar-refractivity contribution in [1.29, 1.82) is 0 Å². The zero-order chi connectivity index (χ0) is 23.4. The van der Waals surface area contributed by atoms with E-state index in [9.17, 15) is 9.59 Å². The lowest BCUT2D eigenvalue weighted by atomic mass is 10.1. The highest BCUT2D eigenvalue weighted by Gasteiger charge is 2.29. The van der Waals surface area contributed by atoms with Gasteiger partial charge in [-0.05, 0) is 49.1 Å². The fourth-order valence-electron chi connectivity index (χ4n) is 3.82. The van der Waals surface area contributed by atoms with E-state index < -0.39 is 0 Å². The van der Waals surface area contributed by atoms with Crippen LogP contribution in [-0.2, 0) is 13.1 Å². The average molecular weight is 475 g/mol. The number of benzene rings is 2. The van der Waals surface area contributed by atoms with E-state index >= 15 is 0 Å². The number of rotatable bonds is 8. The summed E-state index contributed by atoms with van der Waals surface area (Å²) in [5, 5.41) is 0. The second-order valence-corrected chi connectivity index (χ2v) is 8.46. The van der Waals surface area contributed by atoms with Crippen LogP contribution < -0.4 is 4.90 Å². The summed E-state index contributed by atoms with van der Waals surface area (Å²) in [6, 6.07) is 17.2. The third kappa shape index (κ3) is 6.07. The lowest BCUT2D eigenvalue weighted by Crippen LogP contribution is -2.27. The zero-order valence-electron chi connectivity index (χ0n) is 19.3. The Morgan fingerprint density at radius 3 is 2.21 bits per heavy atom. The van der Waals surface area contributed by atoms with Crippen molar-refractivity contribution in [1.82, 2.24) is 9.88 Å². The molecule has 0 unspecified atom stereocenters. The number of Topliss-reactive ketones (excluding diaryl/α,β-unsaturated/α-hetero) is 1. The Hall–Kier alpha value is -3.53. The van der Waals surface area contributed by atoms with Crippen molar-refractivity contribution in [3.8, 4) is 0 Å². The maximum Gasteiger partial charge on any atom is 0.259 e. The molecule has 174 valence electrons. The number of halogens is 1. The molecular weight excluding hydrogens is 448 g/mol. The SMILES string of the molecule is Cl.[C-]#[N+]c1ccc(N(C)C(=O)c2cncc(CN(Cc3ccc(C(C)=O)cc3)C3CC3)c2)cc1. The highest BCUT2D eigenvalue weighted by atomic mass is 35.5. The molecule has 6 nitrogen and oxygen atoms in total. The summed E-state index contributed by atoms with van der Waals surface area (Å²) < 4.78 is 0. The van der Waals surface area contributed by atoms with E-state index in [0.717, 1.165) is 28.9 Å². The molecule has 1 heterocycles. The molecule has 0 saturated heterocycles. The van der Waals surface area contributed by atoms with Gasteiger partial charge in [0.15, 0.2) is 11.5 Å². The van der Waals surface area contributed by atoms with Crippen LogP contribution in [0.25, 0.3) is 4.85 Å². The molecule has 34 heavy (non-hydrogen) atoms. The molecule has 0 atom stereocenters. The molecule has 1 amide bonds. The third-order valence-electron chi connectivity index (χ3n) is 5.91. The minimum atomic E-state index is -0.141. The van der Waals surface area contributed by atoms with Gasteiger partial charge in [0.1, 0.15) is 0 Å². The Bertz CT molecular complexity index is 1200. The minimum absolute atomic E-state index is 0. The highest BCUT2D eigenvalue weighted by Crippen LogP contribution is 2.30. The van der Waals surface area contributed by atoms with Crippen molar-refractivity contribution in [2.24, 2.45) is 0 Å². The smallest absolute Gasteiger partial charge is 0.259 e. The highest BCUT2D eigenvalue weighted by molar-refractivity contribution is 6.05. The number of nitrogens with zero attached hydrogens (tertiary/aromatic N) is 4. The fourth-order valence-corrected chi connectivity index (χ4v) is 3.82. The molecule has 4 rings (SSSR count). The van der Waals surface area contributed by atoms with Gasteiger partial charge in [0, 0.05) is 49.8 Å². The van der Waals surface area contributed by atoms with E-state index in [1.807, 2.05) is 36.5 Å². The van der Waals surface area contributed by atoms with Gasteiger partial charge in [-0.15, -0.1) is 12.4 Å². The van der Waals surface area contributed by atoms with Crippen molar-refractivity contribution < 1.29 is 9.59 Å². The first-order valence-electron chi connectivity index (χ1n) is 11.0. The second kappa shape index (κ2) is 11.1. The maximum atomic E-state index is 13.0. The first kappa shape index (κ1) is 25.1. The molecule has 0 spiro atoms. The average Bonchev–Trinajstić information content (AvgIpc) is 3.69. The molecule has 1 aromatic heterocycles. The molecule has 3 aromatic rings. The molecule has 1 fully saturated rings. The number of hydrogen-bond acceptors (Lipinski definition) is 4. The molecule has 2 aromatic carbocycles. The van der Waals surface area contributed by atoms with Crippen molar-refractivity contribution in [2.75, 3.05) is 11.9 Å². The number of aromatic nitrogens is 1. The van der Waals surface area contributed by atoms with Crippen LogP contribution in [0.1, 0.15) is 51.6 Å². The summed E-state index contributed by atoms with van der Waals surface area (Å²) in [5.74, 6) is -0.0711. The van der Waals surface area contributed by atoms with Crippen LogP contribution in [-0.4, -0.2) is 34.7 Å². The first-order valence-corrected chi connectivity index (χ1v) is 11.0. The van der Waals surface area contributed by atoms with Crippen molar-refractivity contribution in [3.05, 3.63) is 101 Å². The van der Waals surface area contributed by atoms with Crippen molar-refractivity contribution >= 4 is 35.5 Å². The molecule has 0 aliphatic heterocycles. The monoisotopic (exact) mass is 474 g/mol. The lowest BCUT2D eigenvalue weighted by Gasteiger charge is -2.23. The predicted octanol–water partition coefficient (Wildman–Crippen LogP) is 5.70. The Morgan fingerprint density at radius 1 is 0.971 bits per heavy atom. The number of carbonyl (C=O) groups is 2. The molecular formula is C27H27ClN4O2. The topological polar surface area (TPSA) is 57.9 Å². The molecule has 1 aliphatic rings. The Balaban J connectivity index is 0.00000324. The van der Waals surface area contributed by atoms with E-state index in [0.29, 0.717) is 23.8 Å². The summed E-state index contributed by atoms with van der Waals surface area (Å²) in [7, 11) is 1.73. The fraction of sp³-hybridized carbons (Fsp3) is 0.259. The van der Waals surface area contributed by atoms with Gasteiger partial charge < -0.3 is 4.90 Å². The van der Waals surface area contributed by atoms with Crippen LogP contribution >= 0.6 is 12.4 Å². The summed E-state index contributed by atoms with van der Waals surface area (Å²) in [5.41, 5.74) is 4.68. The predicted molar refractivity (Wildman–Crippen MR) is 136 cm³/mol. The summed E-state index contributed by atoms with van der Waals surface area (Å²) >= 11 is 0. The van der Waals surface area contributed by atoms with Gasteiger partial charge >= 0.3 is 0 Å². The summed E-state index contributed by atoms with van der Waals surface area (Å²) in [6.45, 7) is 10.1. The third-order valence-corrected chi connectivity index (χ3v) is 5.91. The van der Waals surface area contributed by atoms with Gasteiger partial charge in [-0.3, -0.25) is 19.5 Å². The van der Waals surface area contributed by atoms with Gasteiger partial charge in [0.2, 0.25) is 0 Å². The number of hydrogen-bond donors (Lipinski definition) is 0. The second-order valence-electron chi connectivity index (χ2n) is 8.46. The number of ketones is 1. The van der Waals surface area contributed by atoms with E-state index in [1.54, 1.807) is 49.3 Å². The van der Waals surface area contributed by atoms with Gasteiger partial charge in [0.25, 0.3) is 5.91 Å². The molecule has 0 bridgehead atoms. The van der Waals surface area contributed by atoms with Crippen LogP contribution in [0.15, 0.2) is 67.0 Å². The van der Waals surface area contributed by atoms with E-state index in [4.69, 9.17) is 6.57 Å².